The quantitative estimate of drug-likeness (QED) is 0.544. The van der Waals surface area contributed by atoms with Gasteiger partial charge in [0.15, 0.2) is 4.34 Å². The molecule has 0 aromatic carbocycles. The number of ether oxygens (including phenoxy) is 1. The van der Waals surface area contributed by atoms with Gasteiger partial charge in [-0.15, -0.1) is 10.2 Å². The molecule has 0 bridgehead atoms. The van der Waals surface area contributed by atoms with Crippen molar-refractivity contribution in [2.45, 2.75) is 30.7 Å². The summed E-state index contributed by atoms with van der Waals surface area (Å²) in [5.74, 6) is 1.04. The first-order valence-electron chi connectivity index (χ1n) is 5.50. The van der Waals surface area contributed by atoms with Gasteiger partial charge in [-0.1, -0.05) is 23.1 Å². The van der Waals surface area contributed by atoms with Crippen LogP contribution in [0.4, 0.5) is 0 Å². The third-order valence-electron chi connectivity index (χ3n) is 1.79. The van der Waals surface area contributed by atoms with Crippen LogP contribution in [0.3, 0.4) is 0 Å². The Morgan fingerprint density at radius 2 is 2.38 bits per heavy atom. The Labute approximate surface area is 105 Å². The summed E-state index contributed by atoms with van der Waals surface area (Å²) >= 11 is 3.34. The van der Waals surface area contributed by atoms with Crippen LogP contribution in [0.2, 0.25) is 0 Å². The van der Waals surface area contributed by atoms with Gasteiger partial charge in [0, 0.05) is 18.9 Å². The van der Waals surface area contributed by atoms with Gasteiger partial charge in [0.1, 0.15) is 5.51 Å². The molecule has 0 aliphatic rings. The maximum Gasteiger partial charge on any atom is 0.174 e. The summed E-state index contributed by atoms with van der Waals surface area (Å²) in [5, 5.41) is 11.1. The zero-order valence-corrected chi connectivity index (χ0v) is 11.4. The predicted molar refractivity (Wildman–Crippen MR) is 69.2 cm³/mol. The molecule has 0 aliphatic carbocycles. The molecule has 92 valence electrons. The van der Waals surface area contributed by atoms with Crippen LogP contribution in [-0.4, -0.2) is 41.8 Å². The van der Waals surface area contributed by atoms with E-state index in [9.17, 15) is 0 Å². The van der Waals surface area contributed by atoms with Crippen molar-refractivity contribution < 1.29 is 4.74 Å². The second-order valence-corrected chi connectivity index (χ2v) is 5.75. The average Bonchev–Trinajstić information content (AvgIpc) is 2.74. The Balaban J connectivity index is 1.82. The van der Waals surface area contributed by atoms with E-state index in [1.165, 1.54) is 0 Å². The molecule has 0 aliphatic heterocycles. The molecular weight excluding hydrogens is 242 g/mol. The molecule has 0 spiro atoms. The molecule has 0 unspecified atom stereocenters. The van der Waals surface area contributed by atoms with Gasteiger partial charge in [0.2, 0.25) is 0 Å². The lowest BCUT2D eigenvalue weighted by atomic mass is 10.4. The van der Waals surface area contributed by atoms with Crippen LogP contribution < -0.4 is 5.32 Å². The van der Waals surface area contributed by atoms with E-state index >= 15 is 0 Å². The lowest BCUT2D eigenvalue weighted by molar-refractivity contribution is 0.0772. The smallest absolute Gasteiger partial charge is 0.174 e. The van der Waals surface area contributed by atoms with Crippen molar-refractivity contribution in [3.63, 3.8) is 0 Å². The van der Waals surface area contributed by atoms with E-state index < -0.39 is 0 Å². The Hall–Kier alpha value is -0.170. The lowest BCUT2D eigenvalue weighted by Crippen LogP contribution is -2.20. The molecular formula is C10H19N3OS2. The van der Waals surface area contributed by atoms with Crippen molar-refractivity contribution in [1.82, 2.24) is 15.5 Å². The molecule has 0 fully saturated rings. The number of nitrogens with one attached hydrogen (secondary N) is 1. The van der Waals surface area contributed by atoms with Crippen molar-refractivity contribution >= 4 is 23.1 Å². The molecule has 6 heteroatoms. The minimum atomic E-state index is 0.341. The van der Waals surface area contributed by atoms with E-state index in [1.807, 2.05) is 0 Å². The van der Waals surface area contributed by atoms with Crippen molar-refractivity contribution in [1.29, 1.82) is 0 Å². The molecule has 1 heterocycles. The molecule has 0 amide bonds. The fourth-order valence-corrected chi connectivity index (χ4v) is 2.53. The van der Waals surface area contributed by atoms with Gasteiger partial charge >= 0.3 is 0 Å². The fourth-order valence-electron chi connectivity index (χ4n) is 1.08. The minimum absolute atomic E-state index is 0.341. The molecule has 0 saturated heterocycles. The highest BCUT2D eigenvalue weighted by Crippen LogP contribution is 2.17. The van der Waals surface area contributed by atoms with Crippen LogP contribution in [-0.2, 0) is 4.74 Å². The van der Waals surface area contributed by atoms with E-state index in [2.05, 4.69) is 29.4 Å². The van der Waals surface area contributed by atoms with Gasteiger partial charge in [-0.05, 0) is 26.8 Å². The van der Waals surface area contributed by atoms with Crippen LogP contribution in [0, 0.1) is 0 Å². The lowest BCUT2D eigenvalue weighted by Gasteiger charge is -2.07. The predicted octanol–water partition coefficient (Wildman–Crippen LogP) is 2.03. The van der Waals surface area contributed by atoms with Crippen LogP contribution in [0.25, 0.3) is 0 Å². The molecule has 0 atom stereocenters. The van der Waals surface area contributed by atoms with Crippen LogP contribution in [0.1, 0.15) is 20.3 Å². The van der Waals surface area contributed by atoms with Gasteiger partial charge in [-0.2, -0.15) is 0 Å². The van der Waals surface area contributed by atoms with Gasteiger partial charge < -0.3 is 10.1 Å². The van der Waals surface area contributed by atoms with Crippen LogP contribution in [0.15, 0.2) is 9.85 Å². The second-order valence-electron chi connectivity index (χ2n) is 3.58. The van der Waals surface area contributed by atoms with E-state index in [-0.39, 0.29) is 0 Å². The van der Waals surface area contributed by atoms with Crippen LogP contribution >= 0.6 is 23.1 Å². The third kappa shape index (κ3) is 7.16. The van der Waals surface area contributed by atoms with Gasteiger partial charge in [-0.3, -0.25) is 0 Å². The molecule has 1 N–H and O–H groups in total. The Morgan fingerprint density at radius 3 is 3.06 bits per heavy atom. The first-order chi connectivity index (χ1) is 7.79. The minimum Gasteiger partial charge on any atom is -0.379 e. The SMILES string of the molecule is CC(C)OCCCNCCSc1nncs1. The largest absolute Gasteiger partial charge is 0.379 e. The number of rotatable bonds is 9. The number of hydrogen-bond donors (Lipinski definition) is 1. The van der Waals surface area contributed by atoms with Gasteiger partial charge in [0.25, 0.3) is 0 Å². The van der Waals surface area contributed by atoms with Crippen molar-refractivity contribution in [2.24, 2.45) is 0 Å². The molecule has 1 rings (SSSR count). The molecule has 4 nitrogen and oxygen atoms in total. The zero-order valence-electron chi connectivity index (χ0n) is 9.81. The Morgan fingerprint density at radius 1 is 1.50 bits per heavy atom. The molecule has 0 radical (unpaired) electrons. The van der Waals surface area contributed by atoms with Gasteiger partial charge in [0.05, 0.1) is 6.10 Å². The monoisotopic (exact) mass is 261 g/mol. The van der Waals surface area contributed by atoms with E-state index in [0.717, 1.165) is 36.2 Å². The first kappa shape index (κ1) is 13.9. The van der Waals surface area contributed by atoms with Gasteiger partial charge in [-0.25, -0.2) is 0 Å². The highest BCUT2D eigenvalue weighted by atomic mass is 32.2. The molecule has 0 saturated carbocycles. The number of thioether (sulfide) groups is 1. The fraction of sp³-hybridized carbons (Fsp3) is 0.800. The molecule has 1 aromatic heterocycles. The highest BCUT2D eigenvalue weighted by Gasteiger charge is 1.97. The summed E-state index contributed by atoms with van der Waals surface area (Å²) in [4.78, 5) is 0. The summed E-state index contributed by atoms with van der Waals surface area (Å²) in [6.07, 6.45) is 1.41. The standard InChI is InChI=1S/C10H19N3OS2/c1-9(2)14-6-3-4-11-5-7-15-10-13-12-8-16-10/h8-9,11H,3-7H2,1-2H3. The summed E-state index contributed by atoms with van der Waals surface area (Å²) in [5.41, 5.74) is 1.76. The second kappa shape index (κ2) is 8.92. The topological polar surface area (TPSA) is 47.0 Å². The van der Waals surface area contributed by atoms with Crippen LogP contribution in [0.5, 0.6) is 0 Å². The van der Waals surface area contributed by atoms with E-state index in [1.54, 1.807) is 28.6 Å². The number of hydrogen-bond acceptors (Lipinski definition) is 6. The highest BCUT2D eigenvalue weighted by molar-refractivity contribution is 8.01. The average molecular weight is 261 g/mol. The maximum absolute atomic E-state index is 5.45. The van der Waals surface area contributed by atoms with Crippen molar-refractivity contribution in [3.05, 3.63) is 5.51 Å². The number of aromatic nitrogens is 2. The summed E-state index contributed by atoms with van der Waals surface area (Å²) < 4.78 is 6.49. The first-order valence-corrected chi connectivity index (χ1v) is 7.37. The van der Waals surface area contributed by atoms with Crippen molar-refractivity contribution in [3.8, 4) is 0 Å². The number of nitrogens with zero attached hydrogens (tertiary/aromatic N) is 2. The third-order valence-corrected chi connectivity index (χ3v) is 3.66. The maximum atomic E-state index is 5.45. The summed E-state index contributed by atoms with van der Waals surface area (Å²) in [7, 11) is 0. The zero-order chi connectivity index (χ0) is 11.6. The summed E-state index contributed by atoms with van der Waals surface area (Å²) in [6.45, 7) is 6.99. The van der Waals surface area contributed by atoms with E-state index in [0.29, 0.717) is 6.10 Å². The normalized spacial score (nSPS) is 11.2. The van der Waals surface area contributed by atoms with Crippen molar-refractivity contribution in [2.75, 3.05) is 25.4 Å². The summed E-state index contributed by atoms with van der Waals surface area (Å²) in [6, 6.07) is 0. The van der Waals surface area contributed by atoms with E-state index in [4.69, 9.17) is 4.74 Å². The Kier molecular flexibility index (Phi) is 7.75. The molecule has 16 heavy (non-hydrogen) atoms. The molecule has 1 aromatic rings. The Bertz CT molecular complexity index is 255.